The van der Waals surface area contributed by atoms with Gasteiger partial charge in [0.05, 0.1) is 18.5 Å². The van der Waals surface area contributed by atoms with Gasteiger partial charge in [0, 0.05) is 18.0 Å². The Labute approximate surface area is 104 Å². The van der Waals surface area contributed by atoms with Gasteiger partial charge in [-0.25, -0.2) is 0 Å². The molecule has 0 atom stereocenters. The van der Waals surface area contributed by atoms with Crippen molar-refractivity contribution in [3.63, 3.8) is 0 Å². The topological polar surface area (TPSA) is 108 Å². The molecular formula is C10H12N4O3S. The molecule has 2 heterocycles. The molecule has 96 valence electrons. The van der Waals surface area contributed by atoms with Crippen LogP contribution in [0, 0.1) is 6.92 Å². The molecule has 2 aromatic heterocycles. The number of rotatable bonds is 4. The van der Waals surface area contributed by atoms with Gasteiger partial charge in [-0.05, 0) is 18.6 Å². The number of aromatic amines is 1. The molecule has 0 unspecified atom stereocenters. The van der Waals surface area contributed by atoms with Crippen LogP contribution in [-0.2, 0) is 16.6 Å². The van der Waals surface area contributed by atoms with Gasteiger partial charge in [-0.3, -0.25) is 14.8 Å². The number of hydrogen-bond donors (Lipinski definition) is 3. The third-order valence-electron chi connectivity index (χ3n) is 2.38. The summed E-state index contributed by atoms with van der Waals surface area (Å²) in [5.41, 5.74) is 1.35. The largest absolute Gasteiger partial charge is 0.392 e. The van der Waals surface area contributed by atoms with Crippen molar-refractivity contribution < 1.29 is 13.5 Å². The first-order chi connectivity index (χ1) is 8.54. The Kier molecular flexibility index (Phi) is 3.30. The van der Waals surface area contributed by atoms with Gasteiger partial charge in [0.1, 0.15) is 0 Å². The fourth-order valence-electron chi connectivity index (χ4n) is 1.43. The van der Waals surface area contributed by atoms with Gasteiger partial charge in [0.25, 0.3) is 10.0 Å². The summed E-state index contributed by atoms with van der Waals surface area (Å²) in [4.78, 5) is 3.88. The van der Waals surface area contributed by atoms with Crippen molar-refractivity contribution in [2.45, 2.75) is 18.6 Å². The van der Waals surface area contributed by atoms with Crippen LogP contribution in [0.5, 0.6) is 0 Å². The molecule has 0 spiro atoms. The number of hydrogen-bond acceptors (Lipinski definition) is 5. The lowest BCUT2D eigenvalue weighted by molar-refractivity contribution is 0.278. The smallest absolute Gasteiger partial charge is 0.279 e. The number of pyridine rings is 1. The molecule has 7 nitrogen and oxygen atoms in total. The van der Waals surface area contributed by atoms with Gasteiger partial charge in [-0.1, -0.05) is 0 Å². The first-order valence-corrected chi connectivity index (χ1v) is 6.59. The monoisotopic (exact) mass is 268 g/mol. The minimum atomic E-state index is -3.79. The summed E-state index contributed by atoms with van der Waals surface area (Å²) in [7, 11) is -3.79. The summed E-state index contributed by atoms with van der Waals surface area (Å²) >= 11 is 0. The van der Waals surface area contributed by atoms with E-state index in [1.807, 2.05) is 0 Å². The Morgan fingerprint density at radius 2 is 2.22 bits per heavy atom. The Bertz CT molecular complexity index is 651. The van der Waals surface area contributed by atoms with Crippen LogP contribution in [0.4, 0.5) is 5.69 Å². The molecule has 2 rings (SSSR count). The number of aryl methyl sites for hydroxylation is 1. The van der Waals surface area contributed by atoms with E-state index in [0.29, 0.717) is 11.3 Å². The summed E-state index contributed by atoms with van der Waals surface area (Å²) in [5, 5.41) is 14.9. The van der Waals surface area contributed by atoms with Crippen LogP contribution in [-0.4, -0.2) is 28.7 Å². The van der Waals surface area contributed by atoms with Crippen LogP contribution in [0.3, 0.4) is 0 Å². The number of H-pyrrole nitrogens is 1. The minimum absolute atomic E-state index is 0.138. The fraction of sp³-hybridized carbons (Fsp3) is 0.200. The SMILES string of the molecule is Cc1cnccc1NS(=O)(=O)c1[nH]ncc1CO. The van der Waals surface area contributed by atoms with Crippen LogP contribution in [0.15, 0.2) is 29.7 Å². The van der Waals surface area contributed by atoms with Gasteiger partial charge in [0.2, 0.25) is 0 Å². The van der Waals surface area contributed by atoms with Gasteiger partial charge in [-0.15, -0.1) is 0 Å². The van der Waals surface area contributed by atoms with E-state index in [1.165, 1.54) is 12.4 Å². The van der Waals surface area contributed by atoms with Crippen molar-refractivity contribution in [1.29, 1.82) is 0 Å². The van der Waals surface area contributed by atoms with E-state index in [-0.39, 0.29) is 10.6 Å². The third-order valence-corrected chi connectivity index (χ3v) is 3.76. The Hall–Kier alpha value is -1.93. The predicted octanol–water partition coefficient (Wildman–Crippen LogP) is 0.406. The zero-order valence-electron chi connectivity index (χ0n) is 9.58. The number of aliphatic hydroxyl groups excluding tert-OH is 1. The van der Waals surface area contributed by atoms with Crippen LogP contribution in [0.2, 0.25) is 0 Å². The summed E-state index contributed by atoms with van der Waals surface area (Å²) in [5.74, 6) is 0. The number of aliphatic hydroxyl groups is 1. The predicted molar refractivity (Wildman–Crippen MR) is 64.3 cm³/mol. The highest BCUT2D eigenvalue weighted by atomic mass is 32.2. The molecule has 0 amide bonds. The third kappa shape index (κ3) is 2.34. The van der Waals surface area contributed by atoms with Gasteiger partial charge in [-0.2, -0.15) is 13.5 Å². The Balaban J connectivity index is 2.37. The molecule has 3 N–H and O–H groups in total. The number of anilines is 1. The van der Waals surface area contributed by atoms with Crippen LogP contribution in [0.1, 0.15) is 11.1 Å². The molecule has 0 fully saturated rings. The lowest BCUT2D eigenvalue weighted by Gasteiger charge is -2.09. The highest BCUT2D eigenvalue weighted by molar-refractivity contribution is 7.92. The first-order valence-electron chi connectivity index (χ1n) is 5.11. The molecule has 8 heteroatoms. The van der Waals surface area contributed by atoms with Crippen LogP contribution < -0.4 is 4.72 Å². The van der Waals surface area contributed by atoms with Crippen LogP contribution in [0.25, 0.3) is 0 Å². The Morgan fingerprint density at radius 1 is 1.44 bits per heavy atom. The van der Waals surface area contributed by atoms with Crippen molar-refractivity contribution in [3.8, 4) is 0 Å². The van der Waals surface area contributed by atoms with E-state index in [4.69, 9.17) is 5.11 Å². The minimum Gasteiger partial charge on any atom is -0.392 e. The van der Waals surface area contributed by atoms with Crippen molar-refractivity contribution in [2.24, 2.45) is 0 Å². The second-order valence-corrected chi connectivity index (χ2v) is 5.30. The molecule has 0 aliphatic heterocycles. The van der Waals surface area contributed by atoms with E-state index >= 15 is 0 Å². The van der Waals surface area contributed by atoms with E-state index in [9.17, 15) is 8.42 Å². The first kappa shape index (κ1) is 12.5. The van der Waals surface area contributed by atoms with E-state index < -0.39 is 16.6 Å². The maximum atomic E-state index is 12.1. The van der Waals surface area contributed by atoms with Crippen molar-refractivity contribution >= 4 is 15.7 Å². The molecule has 0 aliphatic rings. The zero-order valence-corrected chi connectivity index (χ0v) is 10.4. The molecule has 0 bridgehead atoms. The zero-order chi connectivity index (χ0) is 13.2. The highest BCUT2D eigenvalue weighted by Gasteiger charge is 2.21. The standard InChI is InChI=1S/C10H12N4O3S/c1-7-4-11-3-2-9(7)14-18(16,17)10-8(6-15)5-12-13-10/h2-5,15H,6H2,1H3,(H,11,14)(H,12,13). The summed E-state index contributed by atoms with van der Waals surface area (Å²) in [6.07, 6.45) is 4.32. The highest BCUT2D eigenvalue weighted by Crippen LogP contribution is 2.19. The lowest BCUT2D eigenvalue weighted by Crippen LogP contribution is -2.16. The van der Waals surface area contributed by atoms with Crippen LogP contribution >= 0.6 is 0 Å². The van der Waals surface area contributed by atoms with E-state index in [1.54, 1.807) is 19.2 Å². The molecule has 0 saturated heterocycles. The maximum absolute atomic E-state index is 12.1. The molecule has 0 aromatic carbocycles. The molecule has 0 saturated carbocycles. The van der Waals surface area contributed by atoms with E-state index in [2.05, 4.69) is 19.9 Å². The number of sulfonamides is 1. The average molecular weight is 268 g/mol. The van der Waals surface area contributed by atoms with Gasteiger partial charge in [0.15, 0.2) is 5.03 Å². The van der Waals surface area contributed by atoms with Crippen molar-refractivity contribution in [2.75, 3.05) is 4.72 Å². The lowest BCUT2D eigenvalue weighted by atomic mass is 10.3. The molecule has 2 aromatic rings. The Morgan fingerprint density at radius 3 is 2.89 bits per heavy atom. The normalized spacial score (nSPS) is 11.4. The number of aromatic nitrogens is 3. The second-order valence-electron chi connectivity index (χ2n) is 3.68. The second kappa shape index (κ2) is 4.75. The molecule has 18 heavy (non-hydrogen) atoms. The summed E-state index contributed by atoms with van der Waals surface area (Å²) < 4.78 is 26.6. The van der Waals surface area contributed by atoms with Crippen molar-refractivity contribution in [1.82, 2.24) is 15.2 Å². The average Bonchev–Trinajstić information content (AvgIpc) is 2.81. The summed E-state index contributed by atoms with van der Waals surface area (Å²) in [6, 6.07) is 1.56. The summed E-state index contributed by atoms with van der Waals surface area (Å²) in [6.45, 7) is 1.34. The quantitative estimate of drug-likeness (QED) is 0.744. The molecule has 0 radical (unpaired) electrons. The number of nitrogens with one attached hydrogen (secondary N) is 2. The fourth-order valence-corrected chi connectivity index (χ4v) is 2.68. The van der Waals surface area contributed by atoms with Gasteiger partial charge < -0.3 is 5.11 Å². The molecular weight excluding hydrogens is 256 g/mol. The van der Waals surface area contributed by atoms with Gasteiger partial charge >= 0.3 is 0 Å². The molecule has 0 aliphatic carbocycles. The van der Waals surface area contributed by atoms with E-state index in [0.717, 1.165) is 0 Å². The number of nitrogens with zero attached hydrogens (tertiary/aromatic N) is 2. The maximum Gasteiger partial charge on any atom is 0.279 e. The van der Waals surface area contributed by atoms with Crippen molar-refractivity contribution in [3.05, 3.63) is 35.8 Å².